The molecule has 3 nitrogen and oxygen atoms in total. The fourth-order valence-corrected chi connectivity index (χ4v) is 3.05. The van der Waals surface area contributed by atoms with Crippen LogP contribution in [0.25, 0.3) is 0 Å². The summed E-state index contributed by atoms with van der Waals surface area (Å²) < 4.78 is 6.45. The van der Waals surface area contributed by atoms with Crippen LogP contribution in [0, 0.1) is 5.92 Å². The molecule has 0 spiro atoms. The molecule has 1 heterocycles. The van der Waals surface area contributed by atoms with Crippen molar-refractivity contribution in [3.8, 4) is 5.75 Å². The van der Waals surface area contributed by atoms with E-state index >= 15 is 0 Å². The van der Waals surface area contributed by atoms with E-state index < -0.39 is 0 Å². The summed E-state index contributed by atoms with van der Waals surface area (Å²) in [7, 11) is 3.91. The maximum Gasteiger partial charge on any atom is 0.119 e. The maximum atomic E-state index is 5.29. The third-order valence-electron chi connectivity index (χ3n) is 3.66. The van der Waals surface area contributed by atoms with Crippen LogP contribution in [0.3, 0.4) is 0 Å². The van der Waals surface area contributed by atoms with Gasteiger partial charge in [0.25, 0.3) is 0 Å². The van der Waals surface area contributed by atoms with E-state index in [1.165, 1.54) is 24.9 Å². The minimum absolute atomic E-state index is 0. The zero-order valence-electron chi connectivity index (χ0n) is 12.2. The molecule has 0 bridgehead atoms. The van der Waals surface area contributed by atoms with Crippen molar-refractivity contribution >= 4 is 28.3 Å². The Bertz CT molecular complexity index is 411. The number of nitrogens with one attached hydrogen (secondary N) is 1. The van der Waals surface area contributed by atoms with Gasteiger partial charge in [0, 0.05) is 17.6 Å². The molecule has 1 unspecified atom stereocenters. The SMILES string of the molecule is COc1ccc(Br)c(CN(C)CC2CCCNC2)c1.Cl. The third-order valence-corrected chi connectivity index (χ3v) is 4.44. The van der Waals surface area contributed by atoms with Crippen LogP contribution in [-0.2, 0) is 6.54 Å². The fraction of sp³-hybridized carbons (Fsp3) is 0.600. The Morgan fingerprint density at radius 2 is 2.25 bits per heavy atom. The van der Waals surface area contributed by atoms with Gasteiger partial charge in [-0.05, 0) is 62.7 Å². The van der Waals surface area contributed by atoms with Gasteiger partial charge < -0.3 is 15.0 Å². The lowest BCUT2D eigenvalue weighted by atomic mass is 9.99. The van der Waals surface area contributed by atoms with E-state index in [1.54, 1.807) is 7.11 Å². The lowest BCUT2D eigenvalue weighted by molar-refractivity contribution is 0.237. The highest BCUT2D eigenvalue weighted by atomic mass is 79.9. The summed E-state index contributed by atoms with van der Waals surface area (Å²) in [6.07, 6.45) is 2.65. The van der Waals surface area contributed by atoms with Crippen molar-refractivity contribution in [1.82, 2.24) is 10.2 Å². The number of ether oxygens (including phenoxy) is 1. The third kappa shape index (κ3) is 5.24. The molecule has 1 aromatic rings. The molecule has 0 saturated carbocycles. The van der Waals surface area contributed by atoms with Crippen LogP contribution in [0.4, 0.5) is 0 Å². The summed E-state index contributed by atoms with van der Waals surface area (Å²) in [6.45, 7) is 4.44. The largest absolute Gasteiger partial charge is 0.497 e. The first kappa shape index (κ1) is 17.8. The first-order valence-electron chi connectivity index (χ1n) is 6.90. The highest BCUT2D eigenvalue weighted by Crippen LogP contribution is 2.24. The van der Waals surface area contributed by atoms with Gasteiger partial charge in [-0.1, -0.05) is 15.9 Å². The average Bonchev–Trinajstić information content (AvgIpc) is 2.42. The Kier molecular flexibility index (Phi) is 7.88. The van der Waals surface area contributed by atoms with Gasteiger partial charge in [0.15, 0.2) is 0 Å². The normalized spacial score (nSPS) is 18.7. The number of benzene rings is 1. The molecule has 1 saturated heterocycles. The number of methoxy groups -OCH3 is 1. The topological polar surface area (TPSA) is 24.5 Å². The van der Waals surface area contributed by atoms with E-state index in [-0.39, 0.29) is 12.4 Å². The Morgan fingerprint density at radius 1 is 1.45 bits per heavy atom. The number of rotatable bonds is 5. The van der Waals surface area contributed by atoms with Gasteiger partial charge in [-0.2, -0.15) is 0 Å². The van der Waals surface area contributed by atoms with E-state index in [4.69, 9.17) is 4.74 Å². The predicted molar refractivity (Wildman–Crippen MR) is 89.9 cm³/mol. The molecule has 0 aliphatic carbocycles. The minimum Gasteiger partial charge on any atom is -0.497 e. The molecule has 1 aromatic carbocycles. The lowest BCUT2D eigenvalue weighted by Crippen LogP contribution is -2.36. The number of hydrogen-bond acceptors (Lipinski definition) is 3. The molecule has 1 fully saturated rings. The Morgan fingerprint density at radius 3 is 2.90 bits per heavy atom. The van der Waals surface area contributed by atoms with Gasteiger partial charge in [0.1, 0.15) is 5.75 Å². The number of nitrogens with zero attached hydrogens (tertiary/aromatic N) is 1. The molecule has 114 valence electrons. The monoisotopic (exact) mass is 362 g/mol. The summed E-state index contributed by atoms with van der Waals surface area (Å²) >= 11 is 3.62. The van der Waals surface area contributed by atoms with Crippen LogP contribution in [0.1, 0.15) is 18.4 Å². The minimum atomic E-state index is 0. The molecule has 0 amide bonds. The van der Waals surface area contributed by atoms with Gasteiger partial charge in [0.05, 0.1) is 7.11 Å². The molecule has 1 aliphatic heterocycles. The Balaban J connectivity index is 0.00000200. The van der Waals surface area contributed by atoms with Crippen LogP contribution in [0.15, 0.2) is 22.7 Å². The Hall–Kier alpha value is -0.290. The van der Waals surface area contributed by atoms with Crippen molar-refractivity contribution in [3.05, 3.63) is 28.2 Å². The van der Waals surface area contributed by atoms with Crippen LogP contribution >= 0.6 is 28.3 Å². The number of hydrogen-bond donors (Lipinski definition) is 1. The second kappa shape index (κ2) is 8.88. The summed E-state index contributed by atoms with van der Waals surface area (Å²) in [5.74, 6) is 1.70. The molecule has 1 N–H and O–H groups in total. The first-order chi connectivity index (χ1) is 9.19. The highest BCUT2D eigenvalue weighted by molar-refractivity contribution is 9.10. The lowest BCUT2D eigenvalue weighted by Gasteiger charge is -2.27. The zero-order chi connectivity index (χ0) is 13.7. The molecule has 20 heavy (non-hydrogen) atoms. The predicted octanol–water partition coefficient (Wildman–Crippen LogP) is 3.31. The molecular weight excluding hydrogens is 340 g/mol. The summed E-state index contributed by atoms with van der Waals surface area (Å²) in [4.78, 5) is 2.40. The zero-order valence-corrected chi connectivity index (χ0v) is 14.6. The molecule has 0 aromatic heterocycles. The fourth-order valence-electron chi connectivity index (χ4n) is 2.68. The number of piperidine rings is 1. The van der Waals surface area contributed by atoms with Gasteiger partial charge in [-0.15, -0.1) is 12.4 Å². The van der Waals surface area contributed by atoms with Crippen LogP contribution in [-0.4, -0.2) is 38.7 Å². The van der Waals surface area contributed by atoms with E-state index in [0.717, 1.165) is 35.8 Å². The van der Waals surface area contributed by atoms with Gasteiger partial charge in [-0.3, -0.25) is 0 Å². The summed E-state index contributed by atoms with van der Waals surface area (Å²) in [5.41, 5.74) is 1.28. The highest BCUT2D eigenvalue weighted by Gasteiger charge is 2.15. The molecule has 2 rings (SSSR count). The smallest absolute Gasteiger partial charge is 0.119 e. The van der Waals surface area contributed by atoms with Crippen LogP contribution < -0.4 is 10.1 Å². The van der Waals surface area contributed by atoms with Crippen LogP contribution in [0.5, 0.6) is 5.75 Å². The second-order valence-corrected chi connectivity index (χ2v) is 6.22. The maximum absolute atomic E-state index is 5.29. The first-order valence-corrected chi connectivity index (χ1v) is 7.70. The molecule has 5 heteroatoms. The van der Waals surface area contributed by atoms with E-state index in [2.05, 4.69) is 45.3 Å². The molecular formula is C15H24BrClN2O. The quantitative estimate of drug-likeness (QED) is 0.868. The van der Waals surface area contributed by atoms with E-state index in [0.29, 0.717) is 0 Å². The molecule has 1 atom stereocenters. The van der Waals surface area contributed by atoms with Gasteiger partial charge >= 0.3 is 0 Å². The van der Waals surface area contributed by atoms with Crippen molar-refractivity contribution in [2.45, 2.75) is 19.4 Å². The van der Waals surface area contributed by atoms with Crippen molar-refractivity contribution in [2.24, 2.45) is 5.92 Å². The second-order valence-electron chi connectivity index (χ2n) is 5.37. The standard InChI is InChI=1S/C15H23BrN2O.ClH/c1-18(10-12-4-3-7-17-9-12)11-13-8-14(19-2)5-6-15(13)16;/h5-6,8,12,17H,3-4,7,9-11H2,1-2H3;1H. The molecule has 1 aliphatic rings. The molecule has 0 radical (unpaired) electrons. The summed E-state index contributed by atoms with van der Waals surface area (Å²) in [6, 6.07) is 6.16. The number of halogens is 2. The Labute approximate surface area is 136 Å². The summed E-state index contributed by atoms with van der Waals surface area (Å²) in [5, 5.41) is 3.48. The van der Waals surface area contributed by atoms with Crippen molar-refractivity contribution in [1.29, 1.82) is 0 Å². The van der Waals surface area contributed by atoms with Crippen molar-refractivity contribution in [3.63, 3.8) is 0 Å². The van der Waals surface area contributed by atoms with Crippen molar-refractivity contribution in [2.75, 3.05) is 33.8 Å². The van der Waals surface area contributed by atoms with Gasteiger partial charge in [-0.25, -0.2) is 0 Å². The van der Waals surface area contributed by atoms with E-state index in [9.17, 15) is 0 Å². The average molecular weight is 364 g/mol. The van der Waals surface area contributed by atoms with Crippen molar-refractivity contribution < 1.29 is 4.74 Å². The van der Waals surface area contributed by atoms with E-state index in [1.807, 2.05) is 6.07 Å². The van der Waals surface area contributed by atoms with Gasteiger partial charge in [0.2, 0.25) is 0 Å². The van der Waals surface area contributed by atoms with Crippen LogP contribution in [0.2, 0.25) is 0 Å².